The molecule has 2 saturated heterocycles. The molecule has 6 heteroatoms. The number of morpholine rings is 1. The Morgan fingerprint density at radius 2 is 1.88 bits per heavy atom. The summed E-state index contributed by atoms with van der Waals surface area (Å²) in [6.45, 7) is 9.88. The van der Waals surface area contributed by atoms with Gasteiger partial charge in [-0.25, -0.2) is 4.99 Å². The molecule has 6 nitrogen and oxygen atoms in total. The Kier molecular flexibility index (Phi) is 5.93. The van der Waals surface area contributed by atoms with Gasteiger partial charge in [-0.15, -0.1) is 0 Å². The molecule has 0 spiro atoms. The summed E-state index contributed by atoms with van der Waals surface area (Å²) >= 11 is 0. The number of nitrogens with zero attached hydrogens (tertiary/aromatic N) is 3. The van der Waals surface area contributed by atoms with Crippen LogP contribution < -0.4 is 4.90 Å². The van der Waals surface area contributed by atoms with Gasteiger partial charge in [-0.3, -0.25) is 9.69 Å². The van der Waals surface area contributed by atoms with Crippen LogP contribution in [0.3, 0.4) is 0 Å². The summed E-state index contributed by atoms with van der Waals surface area (Å²) in [5.74, 6) is 0.194. The molecule has 0 bridgehead atoms. The van der Waals surface area contributed by atoms with Crippen molar-refractivity contribution in [3.63, 3.8) is 0 Å². The SMILES string of the molecule is CCC(C)N=C1O/C(=C/c2ccc(N3CCOCC3)cc2)C(=O)N1CC. The minimum Gasteiger partial charge on any atom is -0.420 e. The fourth-order valence-electron chi connectivity index (χ4n) is 2.92. The highest BCUT2D eigenvalue weighted by atomic mass is 16.5. The molecule has 3 rings (SSSR count). The lowest BCUT2D eigenvalue weighted by atomic mass is 10.1. The molecule has 2 heterocycles. The summed E-state index contributed by atoms with van der Waals surface area (Å²) < 4.78 is 11.2. The second kappa shape index (κ2) is 8.36. The molecule has 2 aliphatic rings. The van der Waals surface area contributed by atoms with Crippen molar-refractivity contribution in [3.05, 3.63) is 35.6 Å². The van der Waals surface area contributed by atoms with E-state index in [1.54, 1.807) is 11.0 Å². The number of carbonyl (C=O) groups excluding carboxylic acids is 1. The van der Waals surface area contributed by atoms with Crippen LogP contribution in [-0.4, -0.2) is 55.7 Å². The normalized spacial score (nSPS) is 22.2. The molecule has 1 atom stereocenters. The van der Waals surface area contributed by atoms with Gasteiger partial charge in [0.2, 0.25) is 0 Å². The number of likely N-dealkylation sites (N-methyl/N-ethyl adjacent to an activating group) is 1. The molecule has 1 aromatic rings. The van der Waals surface area contributed by atoms with E-state index in [0.717, 1.165) is 38.3 Å². The Morgan fingerprint density at radius 3 is 2.50 bits per heavy atom. The Balaban J connectivity index is 1.76. The Morgan fingerprint density at radius 1 is 1.19 bits per heavy atom. The van der Waals surface area contributed by atoms with Gasteiger partial charge in [-0.1, -0.05) is 19.1 Å². The van der Waals surface area contributed by atoms with Crippen LogP contribution in [0.2, 0.25) is 0 Å². The predicted molar refractivity (Wildman–Crippen MR) is 103 cm³/mol. The molecule has 2 fully saturated rings. The molecule has 26 heavy (non-hydrogen) atoms. The largest absolute Gasteiger partial charge is 0.420 e. The van der Waals surface area contributed by atoms with Gasteiger partial charge in [0.05, 0.1) is 19.3 Å². The van der Waals surface area contributed by atoms with Crippen LogP contribution in [0.1, 0.15) is 32.8 Å². The number of carbonyl (C=O) groups is 1. The monoisotopic (exact) mass is 357 g/mol. The summed E-state index contributed by atoms with van der Waals surface area (Å²) in [6, 6.07) is 8.69. The lowest BCUT2D eigenvalue weighted by Gasteiger charge is -2.28. The summed E-state index contributed by atoms with van der Waals surface area (Å²) in [5.41, 5.74) is 2.11. The molecule has 1 aromatic carbocycles. The first-order valence-corrected chi connectivity index (χ1v) is 9.34. The lowest BCUT2D eigenvalue weighted by Crippen LogP contribution is -2.36. The van der Waals surface area contributed by atoms with Crippen LogP contribution in [0.25, 0.3) is 6.08 Å². The molecule has 140 valence electrons. The number of amides is 1. The molecular formula is C20H27N3O3. The number of hydrogen-bond acceptors (Lipinski definition) is 5. The van der Waals surface area contributed by atoms with E-state index < -0.39 is 0 Å². The molecule has 0 aromatic heterocycles. The maximum Gasteiger partial charge on any atom is 0.300 e. The topological polar surface area (TPSA) is 54.4 Å². The molecular weight excluding hydrogens is 330 g/mol. The standard InChI is InChI=1S/C20H27N3O3/c1-4-15(3)21-20-23(5-2)19(24)18(26-20)14-16-6-8-17(9-7-16)22-10-12-25-13-11-22/h6-9,14-15H,4-5,10-13H2,1-3H3/b18-14+,21-20?. The fourth-order valence-corrected chi connectivity index (χ4v) is 2.92. The Bertz CT molecular complexity index is 691. The molecule has 0 N–H and O–H groups in total. The summed E-state index contributed by atoms with van der Waals surface area (Å²) in [6.07, 6.45) is 2.69. The minimum absolute atomic E-state index is 0.124. The highest BCUT2D eigenvalue weighted by Gasteiger charge is 2.33. The Labute approximate surface area is 155 Å². The van der Waals surface area contributed by atoms with Crippen LogP contribution in [0.15, 0.2) is 35.0 Å². The quantitative estimate of drug-likeness (QED) is 0.761. The average Bonchev–Trinajstić information content (AvgIpc) is 2.97. The first-order valence-electron chi connectivity index (χ1n) is 9.34. The number of rotatable bonds is 5. The van der Waals surface area contributed by atoms with Crippen LogP contribution in [0.4, 0.5) is 5.69 Å². The predicted octanol–water partition coefficient (Wildman–Crippen LogP) is 2.90. The highest BCUT2D eigenvalue weighted by molar-refractivity contribution is 6.11. The second-order valence-electron chi connectivity index (χ2n) is 6.52. The second-order valence-corrected chi connectivity index (χ2v) is 6.52. The third-order valence-corrected chi connectivity index (χ3v) is 4.69. The maximum absolute atomic E-state index is 12.6. The van der Waals surface area contributed by atoms with E-state index in [0.29, 0.717) is 18.3 Å². The number of hydrogen-bond donors (Lipinski definition) is 0. The third-order valence-electron chi connectivity index (χ3n) is 4.69. The van der Waals surface area contributed by atoms with Gasteiger partial charge < -0.3 is 14.4 Å². The van der Waals surface area contributed by atoms with Crippen LogP contribution in [0.5, 0.6) is 0 Å². The van der Waals surface area contributed by atoms with Gasteiger partial charge in [-0.2, -0.15) is 0 Å². The Hall–Kier alpha value is -2.34. The van der Waals surface area contributed by atoms with E-state index in [9.17, 15) is 4.79 Å². The van der Waals surface area contributed by atoms with E-state index in [2.05, 4.69) is 28.9 Å². The van der Waals surface area contributed by atoms with Gasteiger partial charge in [0.1, 0.15) is 0 Å². The molecule has 1 amide bonds. The van der Waals surface area contributed by atoms with E-state index in [1.165, 1.54) is 5.69 Å². The van der Waals surface area contributed by atoms with Gasteiger partial charge in [-0.05, 0) is 44.0 Å². The summed E-state index contributed by atoms with van der Waals surface area (Å²) in [7, 11) is 0. The van der Waals surface area contributed by atoms with Crippen molar-refractivity contribution in [1.29, 1.82) is 0 Å². The number of benzene rings is 1. The molecule has 0 aliphatic carbocycles. The molecule has 0 radical (unpaired) electrons. The van der Waals surface area contributed by atoms with Crippen LogP contribution in [0, 0.1) is 0 Å². The first-order chi connectivity index (χ1) is 12.6. The van der Waals surface area contributed by atoms with E-state index in [-0.39, 0.29) is 11.9 Å². The zero-order chi connectivity index (χ0) is 18.5. The number of amidine groups is 1. The first kappa shape index (κ1) is 18.5. The maximum atomic E-state index is 12.6. The number of anilines is 1. The van der Waals surface area contributed by atoms with Crippen molar-refractivity contribution in [3.8, 4) is 0 Å². The van der Waals surface area contributed by atoms with Gasteiger partial charge in [0, 0.05) is 25.3 Å². The summed E-state index contributed by atoms with van der Waals surface area (Å²) in [4.78, 5) is 21.0. The number of ether oxygens (including phenoxy) is 2. The zero-order valence-corrected chi connectivity index (χ0v) is 15.8. The van der Waals surface area contributed by atoms with Gasteiger partial charge >= 0.3 is 6.02 Å². The van der Waals surface area contributed by atoms with Gasteiger partial charge in [0.25, 0.3) is 5.91 Å². The molecule has 1 unspecified atom stereocenters. The van der Waals surface area contributed by atoms with E-state index in [4.69, 9.17) is 9.47 Å². The van der Waals surface area contributed by atoms with Crippen molar-refractivity contribution in [2.75, 3.05) is 37.7 Å². The fraction of sp³-hybridized carbons (Fsp3) is 0.500. The van der Waals surface area contributed by atoms with Crippen molar-refractivity contribution in [2.45, 2.75) is 33.2 Å². The minimum atomic E-state index is -0.133. The summed E-state index contributed by atoms with van der Waals surface area (Å²) in [5, 5.41) is 0. The smallest absolute Gasteiger partial charge is 0.300 e. The van der Waals surface area contributed by atoms with Crippen molar-refractivity contribution in [2.24, 2.45) is 4.99 Å². The van der Waals surface area contributed by atoms with E-state index >= 15 is 0 Å². The molecule has 2 aliphatic heterocycles. The lowest BCUT2D eigenvalue weighted by molar-refractivity contribution is -0.122. The van der Waals surface area contributed by atoms with Crippen LogP contribution in [-0.2, 0) is 14.3 Å². The number of aliphatic imine (C=N–C) groups is 1. The van der Waals surface area contributed by atoms with E-state index in [1.807, 2.05) is 26.0 Å². The zero-order valence-electron chi connectivity index (χ0n) is 15.8. The van der Waals surface area contributed by atoms with Gasteiger partial charge in [0.15, 0.2) is 5.76 Å². The van der Waals surface area contributed by atoms with Crippen molar-refractivity contribution >= 4 is 23.7 Å². The highest BCUT2D eigenvalue weighted by Crippen LogP contribution is 2.22. The third kappa shape index (κ3) is 4.07. The van der Waals surface area contributed by atoms with Crippen molar-refractivity contribution in [1.82, 2.24) is 4.90 Å². The van der Waals surface area contributed by atoms with Crippen molar-refractivity contribution < 1.29 is 14.3 Å². The molecule has 0 saturated carbocycles. The average molecular weight is 357 g/mol. The van der Waals surface area contributed by atoms with Crippen LogP contribution >= 0.6 is 0 Å².